The summed E-state index contributed by atoms with van der Waals surface area (Å²) >= 11 is 0. The molecule has 0 aromatic heterocycles. The van der Waals surface area contributed by atoms with E-state index in [1.54, 1.807) is 0 Å². The monoisotopic (exact) mass is 174 g/mol. The molecule has 0 heterocycles. The van der Waals surface area contributed by atoms with Gasteiger partial charge < -0.3 is 10.2 Å². The first-order valence-electron chi connectivity index (χ1n) is 4.54. The molecule has 0 radical (unpaired) electrons. The van der Waals surface area contributed by atoms with Crippen LogP contribution in [0.2, 0.25) is 0 Å². The lowest BCUT2D eigenvalue weighted by Crippen LogP contribution is -2.27. The maximum atomic E-state index is 10.6. The van der Waals surface area contributed by atoms with Gasteiger partial charge >= 0.3 is 5.97 Å². The smallest absolute Gasteiger partial charge is 0.309 e. The normalized spacial score (nSPS) is 15.6. The second-order valence-corrected chi connectivity index (χ2v) is 3.09. The molecule has 0 aliphatic carbocycles. The topological polar surface area (TPSA) is 57.5 Å². The molecule has 2 N–H and O–H groups in total. The number of rotatable bonds is 6. The minimum atomic E-state index is -0.877. The molecule has 0 saturated carbocycles. The Morgan fingerprint density at radius 3 is 2.08 bits per heavy atom. The van der Waals surface area contributed by atoms with Crippen LogP contribution in [-0.2, 0) is 4.79 Å². The van der Waals surface area contributed by atoms with Crippen LogP contribution in [0.1, 0.15) is 39.5 Å². The van der Waals surface area contributed by atoms with Crippen LogP contribution in [0.5, 0.6) is 0 Å². The quantitative estimate of drug-likeness (QED) is 0.643. The van der Waals surface area contributed by atoms with Gasteiger partial charge in [0.25, 0.3) is 0 Å². The summed E-state index contributed by atoms with van der Waals surface area (Å²) in [6.07, 6.45) is 2.10. The molecule has 0 aliphatic heterocycles. The molecule has 3 nitrogen and oxygen atoms in total. The Morgan fingerprint density at radius 2 is 1.75 bits per heavy atom. The highest BCUT2D eigenvalue weighted by Gasteiger charge is 2.24. The van der Waals surface area contributed by atoms with Gasteiger partial charge in [0.15, 0.2) is 0 Å². The standard InChI is InChI=1S/C9H18O3/c1-3-5-7(9(11)12)8(10)6-4-2/h7-8,10H,3-6H2,1-2H3,(H,11,12). The van der Waals surface area contributed by atoms with E-state index in [-0.39, 0.29) is 0 Å². The molecule has 2 atom stereocenters. The summed E-state index contributed by atoms with van der Waals surface area (Å²) in [5.41, 5.74) is 0. The van der Waals surface area contributed by atoms with E-state index in [9.17, 15) is 9.90 Å². The molecule has 0 aliphatic rings. The van der Waals surface area contributed by atoms with Crippen LogP contribution >= 0.6 is 0 Å². The van der Waals surface area contributed by atoms with E-state index >= 15 is 0 Å². The minimum Gasteiger partial charge on any atom is -0.481 e. The fraction of sp³-hybridized carbons (Fsp3) is 0.889. The summed E-state index contributed by atoms with van der Waals surface area (Å²) in [5.74, 6) is -1.45. The molecular formula is C9H18O3. The van der Waals surface area contributed by atoms with Crippen LogP contribution < -0.4 is 0 Å². The summed E-state index contributed by atoms with van der Waals surface area (Å²) in [6.45, 7) is 3.86. The first-order valence-corrected chi connectivity index (χ1v) is 4.54. The Labute approximate surface area is 73.4 Å². The Bertz CT molecular complexity index is 134. The SMILES string of the molecule is CCCC(O)C(CCC)C(=O)O. The molecule has 0 spiro atoms. The van der Waals surface area contributed by atoms with Crippen molar-refractivity contribution in [2.24, 2.45) is 5.92 Å². The van der Waals surface area contributed by atoms with Gasteiger partial charge in [-0.2, -0.15) is 0 Å². The van der Waals surface area contributed by atoms with E-state index in [2.05, 4.69) is 0 Å². The maximum Gasteiger partial charge on any atom is 0.309 e. The molecule has 0 fully saturated rings. The van der Waals surface area contributed by atoms with Crippen molar-refractivity contribution in [1.82, 2.24) is 0 Å². The third kappa shape index (κ3) is 3.72. The summed E-state index contributed by atoms with van der Waals surface area (Å²) in [6, 6.07) is 0. The summed E-state index contributed by atoms with van der Waals surface area (Å²) < 4.78 is 0. The number of hydrogen-bond acceptors (Lipinski definition) is 2. The van der Waals surface area contributed by atoms with Crippen molar-refractivity contribution in [3.8, 4) is 0 Å². The molecule has 0 aromatic rings. The van der Waals surface area contributed by atoms with Gasteiger partial charge in [0, 0.05) is 0 Å². The van der Waals surface area contributed by atoms with Gasteiger partial charge in [0.2, 0.25) is 0 Å². The molecule has 0 rings (SSSR count). The van der Waals surface area contributed by atoms with E-state index in [1.165, 1.54) is 0 Å². The van der Waals surface area contributed by atoms with Crippen LogP contribution in [0.15, 0.2) is 0 Å². The Hall–Kier alpha value is -0.570. The number of carboxylic acid groups (broad SMARTS) is 1. The zero-order valence-electron chi connectivity index (χ0n) is 7.79. The van der Waals surface area contributed by atoms with Gasteiger partial charge in [-0.1, -0.05) is 26.7 Å². The van der Waals surface area contributed by atoms with E-state index in [4.69, 9.17) is 5.11 Å². The lowest BCUT2D eigenvalue weighted by atomic mass is 9.94. The zero-order valence-corrected chi connectivity index (χ0v) is 7.79. The van der Waals surface area contributed by atoms with E-state index in [0.29, 0.717) is 12.8 Å². The lowest BCUT2D eigenvalue weighted by molar-refractivity contribution is -0.146. The highest BCUT2D eigenvalue weighted by molar-refractivity contribution is 5.70. The molecule has 3 heteroatoms. The van der Waals surface area contributed by atoms with Crippen molar-refractivity contribution >= 4 is 5.97 Å². The van der Waals surface area contributed by atoms with Crippen molar-refractivity contribution in [3.05, 3.63) is 0 Å². The molecule has 0 bridgehead atoms. The molecule has 72 valence electrons. The van der Waals surface area contributed by atoms with Gasteiger partial charge in [-0.05, 0) is 12.8 Å². The van der Waals surface area contributed by atoms with Gasteiger partial charge in [-0.25, -0.2) is 0 Å². The van der Waals surface area contributed by atoms with Crippen molar-refractivity contribution in [2.45, 2.75) is 45.6 Å². The van der Waals surface area contributed by atoms with E-state index in [0.717, 1.165) is 12.8 Å². The average Bonchev–Trinajstić information content (AvgIpc) is 1.99. The maximum absolute atomic E-state index is 10.6. The fourth-order valence-corrected chi connectivity index (χ4v) is 1.29. The zero-order chi connectivity index (χ0) is 9.56. The van der Waals surface area contributed by atoms with Crippen LogP contribution in [-0.4, -0.2) is 22.3 Å². The summed E-state index contributed by atoms with van der Waals surface area (Å²) in [4.78, 5) is 10.6. The second-order valence-electron chi connectivity index (χ2n) is 3.09. The molecule has 0 saturated heterocycles. The minimum absolute atomic E-state index is 0.566. The number of aliphatic hydroxyl groups is 1. The Balaban J connectivity index is 3.99. The van der Waals surface area contributed by atoms with E-state index < -0.39 is 18.0 Å². The average molecular weight is 174 g/mol. The molecular weight excluding hydrogens is 156 g/mol. The number of aliphatic carboxylic acids is 1. The van der Waals surface area contributed by atoms with Crippen molar-refractivity contribution < 1.29 is 15.0 Å². The summed E-state index contributed by atoms with van der Waals surface area (Å²) in [5, 5.41) is 18.2. The van der Waals surface area contributed by atoms with Crippen molar-refractivity contribution in [3.63, 3.8) is 0 Å². The number of aliphatic hydroxyl groups excluding tert-OH is 1. The largest absolute Gasteiger partial charge is 0.481 e. The van der Waals surface area contributed by atoms with Gasteiger partial charge in [-0.3, -0.25) is 4.79 Å². The molecule has 2 unspecified atom stereocenters. The molecule has 0 aromatic carbocycles. The first-order chi connectivity index (χ1) is 5.63. The van der Waals surface area contributed by atoms with Gasteiger partial charge in [-0.15, -0.1) is 0 Å². The highest BCUT2D eigenvalue weighted by atomic mass is 16.4. The van der Waals surface area contributed by atoms with Crippen molar-refractivity contribution in [1.29, 1.82) is 0 Å². The van der Waals surface area contributed by atoms with Crippen LogP contribution in [0.3, 0.4) is 0 Å². The molecule has 12 heavy (non-hydrogen) atoms. The predicted molar refractivity (Wildman–Crippen MR) is 46.9 cm³/mol. The van der Waals surface area contributed by atoms with Gasteiger partial charge in [0.05, 0.1) is 12.0 Å². The van der Waals surface area contributed by atoms with Crippen molar-refractivity contribution in [2.75, 3.05) is 0 Å². The number of carbonyl (C=O) groups is 1. The van der Waals surface area contributed by atoms with Gasteiger partial charge in [0.1, 0.15) is 0 Å². The second kappa shape index (κ2) is 6.00. The first kappa shape index (κ1) is 11.4. The predicted octanol–water partition coefficient (Wildman–Crippen LogP) is 1.65. The number of carboxylic acids is 1. The van der Waals surface area contributed by atoms with Crippen LogP contribution in [0.25, 0.3) is 0 Å². The third-order valence-corrected chi connectivity index (χ3v) is 1.97. The number of hydrogen-bond donors (Lipinski definition) is 2. The fourth-order valence-electron chi connectivity index (χ4n) is 1.29. The lowest BCUT2D eigenvalue weighted by Gasteiger charge is -2.17. The van der Waals surface area contributed by atoms with Crippen LogP contribution in [0, 0.1) is 5.92 Å². The highest BCUT2D eigenvalue weighted by Crippen LogP contribution is 2.15. The summed E-state index contributed by atoms with van der Waals surface area (Å²) in [7, 11) is 0. The van der Waals surface area contributed by atoms with E-state index in [1.807, 2.05) is 13.8 Å². The Morgan fingerprint density at radius 1 is 1.25 bits per heavy atom. The Kier molecular flexibility index (Phi) is 5.72. The molecule has 0 amide bonds. The van der Waals surface area contributed by atoms with Crippen LogP contribution in [0.4, 0.5) is 0 Å². The third-order valence-electron chi connectivity index (χ3n) is 1.97.